The lowest BCUT2D eigenvalue weighted by Crippen LogP contribution is -2.38. The van der Waals surface area contributed by atoms with E-state index in [-0.39, 0.29) is 5.91 Å². The molecule has 5 heteroatoms. The zero-order valence-corrected chi connectivity index (χ0v) is 18.5. The lowest BCUT2D eigenvalue weighted by Gasteiger charge is -2.29. The number of nitrogens with zero attached hydrogens (tertiary/aromatic N) is 3. The maximum Gasteiger partial charge on any atom is 0.219 e. The van der Waals surface area contributed by atoms with Gasteiger partial charge >= 0.3 is 0 Å². The highest BCUT2D eigenvalue weighted by molar-refractivity contribution is 5.73. The number of para-hydroxylation sites is 1. The summed E-state index contributed by atoms with van der Waals surface area (Å²) in [5.74, 6) is 2.30. The van der Waals surface area contributed by atoms with Crippen LogP contribution in [0.1, 0.15) is 37.9 Å². The van der Waals surface area contributed by atoms with Crippen LogP contribution in [0.2, 0.25) is 0 Å². The second kappa shape index (κ2) is 9.49. The summed E-state index contributed by atoms with van der Waals surface area (Å²) in [5.41, 5.74) is 2.57. The number of benzene rings is 1. The minimum Gasteiger partial charge on any atom is -0.496 e. The van der Waals surface area contributed by atoms with Crippen molar-refractivity contribution >= 4 is 5.91 Å². The number of carbonyl (C=O) groups excluding carboxylic acids is 1. The number of rotatable bonds is 8. The van der Waals surface area contributed by atoms with Gasteiger partial charge in [-0.25, -0.2) is 0 Å². The summed E-state index contributed by atoms with van der Waals surface area (Å²) < 4.78 is 7.87. The van der Waals surface area contributed by atoms with E-state index in [1.54, 1.807) is 14.0 Å². The summed E-state index contributed by atoms with van der Waals surface area (Å²) in [7, 11) is 3.84. The van der Waals surface area contributed by atoms with E-state index in [4.69, 9.17) is 4.74 Å². The van der Waals surface area contributed by atoms with Crippen LogP contribution >= 0.6 is 0 Å². The first kappa shape index (κ1) is 21.4. The molecule has 1 aromatic heterocycles. The zero-order valence-electron chi connectivity index (χ0n) is 18.5. The fraction of sp³-hybridized carbons (Fsp3) is 0.542. The van der Waals surface area contributed by atoms with E-state index in [1.165, 1.54) is 11.3 Å². The molecule has 2 atom stereocenters. The molecule has 5 nitrogen and oxygen atoms in total. The Morgan fingerprint density at radius 2 is 1.97 bits per heavy atom. The second-order valence-corrected chi connectivity index (χ2v) is 8.73. The molecule has 1 amide bonds. The Balaban J connectivity index is 1.84. The van der Waals surface area contributed by atoms with Crippen LogP contribution in [0.3, 0.4) is 0 Å². The average Bonchev–Trinajstić information content (AvgIpc) is 3.27. The first-order chi connectivity index (χ1) is 13.9. The number of aryl methyl sites for hydroxylation is 1. The van der Waals surface area contributed by atoms with Crippen molar-refractivity contribution in [1.29, 1.82) is 0 Å². The van der Waals surface area contributed by atoms with Gasteiger partial charge in [-0.05, 0) is 35.6 Å². The standard InChI is InChI=1S/C24H35N3O2/c1-18(2)13-27(19(3)28)15-20-14-26(16-21-9-8-12-25(21)4)17-23(20)22-10-6-7-11-24(22)29-5/h6-12,18,20,23H,13-17H2,1-5H3. The predicted octanol–water partition coefficient (Wildman–Crippen LogP) is 3.75. The van der Waals surface area contributed by atoms with Gasteiger partial charge in [0, 0.05) is 64.5 Å². The molecular weight excluding hydrogens is 362 g/mol. The van der Waals surface area contributed by atoms with Gasteiger partial charge in [0.1, 0.15) is 5.75 Å². The fourth-order valence-corrected chi connectivity index (χ4v) is 4.55. The van der Waals surface area contributed by atoms with Gasteiger partial charge in [0.15, 0.2) is 0 Å². The molecule has 1 aromatic carbocycles. The average molecular weight is 398 g/mol. The second-order valence-electron chi connectivity index (χ2n) is 8.73. The van der Waals surface area contributed by atoms with Gasteiger partial charge in [0.05, 0.1) is 7.11 Å². The van der Waals surface area contributed by atoms with Crippen LogP contribution in [0.15, 0.2) is 42.6 Å². The van der Waals surface area contributed by atoms with Crippen LogP contribution in [-0.4, -0.2) is 53.6 Å². The van der Waals surface area contributed by atoms with E-state index in [2.05, 4.69) is 60.8 Å². The van der Waals surface area contributed by atoms with Crippen molar-refractivity contribution < 1.29 is 9.53 Å². The SMILES string of the molecule is COc1ccccc1C1CN(Cc2cccn2C)CC1CN(CC(C)C)C(C)=O. The predicted molar refractivity (Wildman–Crippen MR) is 117 cm³/mol. The number of hydrogen-bond donors (Lipinski definition) is 0. The molecule has 2 aromatic rings. The lowest BCUT2D eigenvalue weighted by atomic mass is 9.87. The molecule has 1 fully saturated rings. The Morgan fingerprint density at radius 1 is 1.21 bits per heavy atom. The normalized spacial score (nSPS) is 19.7. The van der Waals surface area contributed by atoms with Gasteiger partial charge < -0.3 is 14.2 Å². The highest BCUT2D eigenvalue weighted by atomic mass is 16.5. The van der Waals surface area contributed by atoms with Crippen LogP contribution in [0.4, 0.5) is 0 Å². The molecule has 1 aliphatic heterocycles. The molecule has 3 rings (SSSR count). The van der Waals surface area contributed by atoms with Crippen molar-refractivity contribution in [1.82, 2.24) is 14.4 Å². The third kappa shape index (κ3) is 5.21. The number of likely N-dealkylation sites (tertiary alicyclic amines) is 1. The maximum atomic E-state index is 12.3. The van der Waals surface area contributed by atoms with Crippen LogP contribution < -0.4 is 4.74 Å². The molecule has 29 heavy (non-hydrogen) atoms. The Hall–Kier alpha value is -2.27. The molecule has 0 spiro atoms. The van der Waals surface area contributed by atoms with E-state index >= 15 is 0 Å². The largest absolute Gasteiger partial charge is 0.496 e. The van der Waals surface area contributed by atoms with Gasteiger partial charge in [-0.3, -0.25) is 9.69 Å². The van der Waals surface area contributed by atoms with Gasteiger partial charge in [0.2, 0.25) is 5.91 Å². The van der Waals surface area contributed by atoms with Crippen LogP contribution in [0, 0.1) is 11.8 Å². The summed E-state index contributed by atoms with van der Waals surface area (Å²) >= 11 is 0. The molecule has 2 unspecified atom stereocenters. The number of hydrogen-bond acceptors (Lipinski definition) is 3. The summed E-state index contributed by atoms with van der Waals surface area (Å²) in [6.45, 7) is 10.5. The van der Waals surface area contributed by atoms with Gasteiger partial charge in [-0.2, -0.15) is 0 Å². The lowest BCUT2D eigenvalue weighted by molar-refractivity contribution is -0.130. The van der Waals surface area contributed by atoms with E-state index in [1.807, 2.05) is 17.0 Å². The molecule has 2 heterocycles. The Bertz CT molecular complexity index is 814. The number of methoxy groups -OCH3 is 1. The molecule has 1 saturated heterocycles. The molecule has 0 N–H and O–H groups in total. The Morgan fingerprint density at radius 3 is 2.59 bits per heavy atom. The monoisotopic (exact) mass is 397 g/mol. The van der Waals surface area contributed by atoms with Crippen molar-refractivity contribution in [3.63, 3.8) is 0 Å². The first-order valence-electron chi connectivity index (χ1n) is 10.6. The molecule has 1 aliphatic rings. The summed E-state index contributed by atoms with van der Waals surface area (Å²) in [6.07, 6.45) is 2.10. The highest BCUT2D eigenvalue weighted by Crippen LogP contribution is 2.38. The minimum absolute atomic E-state index is 0.165. The van der Waals surface area contributed by atoms with Crippen molar-refractivity contribution in [2.24, 2.45) is 18.9 Å². The fourth-order valence-electron chi connectivity index (χ4n) is 4.55. The smallest absolute Gasteiger partial charge is 0.219 e. The number of amides is 1. The third-order valence-electron chi connectivity index (χ3n) is 5.98. The van der Waals surface area contributed by atoms with Crippen molar-refractivity contribution in [3.8, 4) is 5.75 Å². The third-order valence-corrected chi connectivity index (χ3v) is 5.98. The topological polar surface area (TPSA) is 37.7 Å². The van der Waals surface area contributed by atoms with Crippen LogP contribution in [0.25, 0.3) is 0 Å². The van der Waals surface area contributed by atoms with E-state index in [0.29, 0.717) is 17.8 Å². The zero-order chi connectivity index (χ0) is 21.0. The van der Waals surface area contributed by atoms with E-state index in [9.17, 15) is 4.79 Å². The molecule has 0 bridgehead atoms. The van der Waals surface area contributed by atoms with Crippen molar-refractivity contribution in [3.05, 3.63) is 53.9 Å². The molecular formula is C24H35N3O2. The first-order valence-corrected chi connectivity index (χ1v) is 10.6. The van der Waals surface area contributed by atoms with Crippen LogP contribution in [-0.2, 0) is 18.4 Å². The Kier molecular flexibility index (Phi) is 7.01. The van der Waals surface area contributed by atoms with Gasteiger partial charge in [-0.1, -0.05) is 32.0 Å². The molecule has 0 radical (unpaired) electrons. The maximum absolute atomic E-state index is 12.3. The molecule has 0 aliphatic carbocycles. The van der Waals surface area contributed by atoms with Crippen molar-refractivity contribution in [2.45, 2.75) is 33.2 Å². The van der Waals surface area contributed by atoms with Crippen molar-refractivity contribution in [2.75, 3.05) is 33.3 Å². The summed E-state index contributed by atoms with van der Waals surface area (Å²) in [6, 6.07) is 12.6. The molecule has 158 valence electrons. The number of carbonyl (C=O) groups is 1. The quantitative estimate of drug-likeness (QED) is 0.681. The summed E-state index contributed by atoms with van der Waals surface area (Å²) in [5, 5.41) is 0. The minimum atomic E-state index is 0.165. The Labute approximate surface area is 175 Å². The molecule has 0 saturated carbocycles. The van der Waals surface area contributed by atoms with Crippen LogP contribution in [0.5, 0.6) is 5.75 Å². The van der Waals surface area contributed by atoms with Gasteiger partial charge in [0.25, 0.3) is 0 Å². The van der Waals surface area contributed by atoms with E-state index in [0.717, 1.165) is 38.5 Å². The summed E-state index contributed by atoms with van der Waals surface area (Å²) in [4.78, 5) is 16.9. The van der Waals surface area contributed by atoms with E-state index < -0.39 is 0 Å². The highest BCUT2D eigenvalue weighted by Gasteiger charge is 2.37. The number of aromatic nitrogens is 1. The van der Waals surface area contributed by atoms with Gasteiger partial charge in [-0.15, -0.1) is 0 Å². The number of ether oxygens (including phenoxy) is 1.